The number of carboxylic acid groups (broad SMARTS) is 1. The normalized spacial score (nSPS) is 10.5. The maximum Gasteiger partial charge on any atom is 0.309 e. The minimum absolute atomic E-state index is 0.0750. The van der Waals surface area contributed by atoms with Crippen molar-refractivity contribution in [3.05, 3.63) is 34.6 Å². The Kier molecular flexibility index (Phi) is 3.71. The molecule has 2 rings (SSSR count). The lowest BCUT2D eigenvalue weighted by Gasteiger charge is -2.11. The van der Waals surface area contributed by atoms with E-state index in [4.69, 9.17) is 21.4 Å². The smallest absolute Gasteiger partial charge is 0.309 e. The minimum Gasteiger partial charge on any atom is -0.494 e. The third-order valence-corrected chi connectivity index (χ3v) is 2.89. The van der Waals surface area contributed by atoms with Crippen LogP contribution in [0.3, 0.4) is 0 Å². The molecule has 0 radical (unpaired) electrons. The molecule has 0 atom stereocenters. The van der Waals surface area contributed by atoms with Gasteiger partial charge in [-0.05, 0) is 24.6 Å². The number of aromatic nitrogens is 3. The summed E-state index contributed by atoms with van der Waals surface area (Å²) in [6, 6.07) is 5.50. The molecule has 2 aromatic rings. The average Bonchev–Trinajstić information content (AvgIpc) is 2.70. The number of rotatable bonds is 4. The van der Waals surface area contributed by atoms with Crippen molar-refractivity contribution in [2.24, 2.45) is 0 Å². The average molecular weight is 282 g/mol. The van der Waals surface area contributed by atoms with Gasteiger partial charge >= 0.3 is 5.97 Å². The van der Waals surface area contributed by atoms with Gasteiger partial charge in [0, 0.05) is 0 Å². The topological polar surface area (TPSA) is 77.2 Å². The first-order chi connectivity index (χ1) is 9.02. The molecule has 0 aliphatic carbocycles. The number of ether oxygens (including phenoxy) is 1. The number of hydrogen-bond acceptors (Lipinski definition) is 4. The molecule has 100 valence electrons. The zero-order valence-corrected chi connectivity index (χ0v) is 11.2. The van der Waals surface area contributed by atoms with E-state index in [0.717, 1.165) is 5.56 Å². The van der Waals surface area contributed by atoms with Crippen LogP contribution in [0.15, 0.2) is 18.2 Å². The largest absolute Gasteiger partial charge is 0.494 e. The van der Waals surface area contributed by atoms with Crippen LogP contribution in [0.25, 0.3) is 5.69 Å². The molecule has 19 heavy (non-hydrogen) atoms. The van der Waals surface area contributed by atoms with Gasteiger partial charge in [0.2, 0.25) is 0 Å². The molecule has 0 spiro atoms. The van der Waals surface area contributed by atoms with Crippen molar-refractivity contribution in [1.82, 2.24) is 15.0 Å². The van der Waals surface area contributed by atoms with Gasteiger partial charge in [-0.3, -0.25) is 4.79 Å². The highest BCUT2D eigenvalue weighted by molar-refractivity contribution is 6.30. The van der Waals surface area contributed by atoms with Gasteiger partial charge < -0.3 is 9.84 Å². The number of benzene rings is 1. The Morgan fingerprint density at radius 3 is 2.89 bits per heavy atom. The fourth-order valence-corrected chi connectivity index (χ4v) is 1.91. The van der Waals surface area contributed by atoms with Crippen LogP contribution in [-0.4, -0.2) is 33.2 Å². The second-order valence-electron chi connectivity index (χ2n) is 3.98. The predicted octanol–water partition coefficient (Wildman–Crippen LogP) is 1.86. The summed E-state index contributed by atoms with van der Waals surface area (Å²) in [6.07, 6.45) is -0.261. The Bertz CT molecular complexity index is 625. The van der Waals surface area contributed by atoms with Crippen molar-refractivity contribution in [3.63, 3.8) is 0 Å². The molecule has 0 aliphatic heterocycles. The summed E-state index contributed by atoms with van der Waals surface area (Å²) in [5, 5.41) is 16.6. The van der Waals surface area contributed by atoms with Gasteiger partial charge in [0.05, 0.1) is 19.2 Å². The van der Waals surface area contributed by atoms with Crippen LogP contribution in [0.4, 0.5) is 0 Å². The lowest BCUT2D eigenvalue weighted by molar-refractivity contribution is -0.136. The van der Waals surface area contributed by atoms with Crippen molar-refractivity contribution >= 4 is 17.6 Å². The SMILES string of the molecule is COc1ccc(C)cc1-n1nnc(Cl)c1CC(=O)O. The first-order valence-electron chi connectivity index (χ1n) is 5.50. The molecule has 0 saturated carbocycles. The van der Waals surface area contributed by atoms with Crippen LogP contribution >= 0.6 is 11.6 Å². The summed E-state index contributed by atoms with van der Waals surface area (Å²) in [4.78, 5) is 10.9. The number of carbonyl (C=O) groups is 1. The van der Waals surface area contributed by atoms with Gasteiger partial charge in [-0.1, -0.05) is 22.9 Å². The van der Waals surface area contributed by atoms with Gasteiger partial charge in [-0.2, -0.15) is 0 Å². The Labute approximate surface area is 114 Å². The van der Waals surface area contributed by atoms with Gasteiger partial charge in [-0.25, -0.2) is 4.68 Å². The molecule has 1 N–H and O–H groups in total. The monoisotopic (exact) mass is 281 g/mol. The van der Waals surface area contributed by atoms with Crippen molar-refractivity contribution in [1.29, 1.82) is 0 Å². The number of hydrogen-bond donors (Lipinski definition) is 1. The van der Waals surface area contributed by atoms with Crippen LogP contribution in [0, 0.1) is 6.92 Å². The van der Waals surface area contributed by atoms with E-state index in [2.05, 4.69) is 10.3 Å². The second kappa shape index (κ2) is 5.27. The van der Waals surface area contributed by atoms with E-state index in [9.17, 15) is 4.79 Å². The molecule has 1 heterocycles. The molecule has 0 bridgehead atoms. The highest BCUT2D eigenvalue weighted by Crippen LogP contribution is 2.26. The summed E-state index contributed by atoms with van der Waals surface area (Å²) < 4.78 is 6.64. The molecule has 0 saturated heterocycles. The van der Waals surface area contributed by atoms with E-state index < -0.39 is 5.97 Å². The Balaban J connectivity index is 2.58. The number of aliphatic carboxylic acids is 1. The van der Waals surface area contributed by atoms with Gasteiger partial charge in [0.25, 0.3) is 0 Å². The number of halogens is 1. The fraction of sp³-hybridized carbons (Fsp3) is 0.250. The molecule has 6 nitrogen and oxygen atoms in total. The molecule has 1 aromatic heterocycles. The highest BCUT2D eigenvalue weighted by atomic mass is 35.5. The van der Waals surface area contributed by atoms with Crippen LogP contribution in [0.2, 0.25) is 5.15 Å². The zero-order valence-electron chi connectivity index (χ0n) is 10.4. The maximum atomic E-state index is 10.9. The van der Waals surface area contributed by atoms with Crippen LogP contribution in [0.1, 0.15) is 11.3 Å². The lowest BCUT2D eigenvalue weighted by atomic mass is 10.2. The summed E-state index contributed by atoms with van der Waals surface area (Å²) in [7, 11) is 1.53. The van der Waals surface area contributed by atoms with Gasteiger partial charge in [0.15, 0.2) is 5.15 Å². The molecule has 0 aliphatic rings. The first-order valence-corrected chi connectivity index (χ1v) is 5.87. The third-order valence-electron chi connectivity index (χ3n) is 2.60. The summed E-state index contributed by atoms with van der Waals surface area (Å²) in [5.41, 5.74) is 1.92. The van der Waals surface area contributed by atoms with E-state index in [0.29, 0.717) is 17.1 Å². The molecule has 0 fully saturated rings. The van der Waals surface area contributed by atoms with E-state index in [1.165, 1.54) is 11.8 Å². The quantitative estimate of drug-likeness (QED) is 0.925. The summed E-state index contributed by atoms with van der Waals surface area (Å²) in [6.45, 7) is 1.92. The number of carboxylic acids is 1. The van der Waals surface area contributed by atoms with Crippen molar-refractivity contribution in [3.8, 4) is 11.4 Å². The predicted molar refractivity (Wildman–Crippen MR) is 69.0 cm³/mol. The maximum absolute atomic E-state index is 10.9. The van der Waals surface area contributed by atoms with E-state index >= 15 is 0 Å². The number of aryl methyl sites for hydroxylation is 1. The van der Waals surface area contributed by atoms with Crippen molar-refractivity contribution < 1.29 is 14.6 Å². The van der Waals surface area contributed by atoms with E-state index in [1.54, 1.807) is 6.07 Å². The Morgan fingerprint density at radius 1 is 1.53 bits per heavy atom. The number of nitrogens with zero attached hydrogens (tertiary/aromatic N) is 3. The van der Waals surface area contributed by atoms with Crippen LogP contribution in [-0.2, 0) is 11.2 Å². The molecule has 0 unspecified atom stereocenters. The van der Waals surface area contributed by atoms with Crippen LogP contribution in [0.5, 0.6) is 5.75 Å². The minimum atomic E-state index is -1.00. The summed E-state index contributed by atoms with van der Waals surface area (Å²) in [5.74, 6) is -0.434. The lowest BCUT2D eigenvalue weighted by Crippen LogP contribution is -2.09. The Hall–Kier alpha value is -2.08. The van der Waals surface area contributed by atoms with Gasteiger partial charge in [-0.15, -0.1) is 5.10 Å². The standard InChI is InChI=1S/C12H12ClN3O3/c1-7-3-4-10(19-2)8(5-7)16-9(6-11(17)18)12(13)14-15-16/h3-5H,6H2,1-2H3,(H,17,18). The Morgan fingerprint density at radius 2 is 2.26 bits per heavy atom. The summed E-state index contributed by atoms with van der Waals surface area (Å²) >= 11 is 5.88. The van der Waals surface area contributed by atoms with Crippen molar-refractivity contribution in [2.45, 2.75) is 13.3 Å². The molecule has 7 heteroatoms. The molecular weight excluding hydrogens is 270 g/mol. The molecule has 0 amide bonds. The van der Waals surface area contributed by atoms with E-state index in [-0.39, 0.29) is 11.6 Å². The van der Waals surface area contributed by atoms with E-state index in [1.807, 2.05) is 19.1 Å². The molecular formula is C12H12ClN3O3. The highest BCUT2D eigenvalue weighted by Gasteiger charge is 2.18. The third kappa shape index (κ3) is 2.68. The van der Waals surface area contributed by atoms with Crippen LogP contribution < -0.4 is 4.74 Å². The number of methoxy groups -OCH3 is 1. The first kappa shape index (κ1) is 13.4. The second-order valence-corrected chi connectivity index (χ2v) is 4.34. The molecule has 1 aromatic carbocycles. The van der Waals surface area contributed by atoms with Crippen molar-refractivity contribution in [2.75, 3.05) is 7.11 Å². The van der Waals surface area contributed by atoms with Gasteiger partial charge in [0.1, 0.15) is 11.4 Å². The zero-order chi connectivity index (χ0) is 14.0. The fourth-order valence-electron chi connectivity index (χ4n) is 1.73.